The van der Waals surface area contributed by atoms with E-state index in [1.54, 1.807) is 19.2 Å². The van der Waals surface area contributed by atoms with E-state index in [1.807, 2.05) is 6.92 Å². The Morgan fingerprint density at radius 1 is 1.35 bits per heavy atom. The molecule has 0 amide bonds. The van der Waals surface area contributed by atoms with E-state index < -0.39 is 10.1 Å². The minimum Gasteiger partial charge on any atom is -0.369 e. The first-order valence-electron chi connectivity index (χ1n) is 4.54. The summed E-state index contributed by atoms with van der Waals surface area (Å²) in [5.41, 5.74) is 8.08. The number of hydrogen-bond acceptors (Lipinski definition) is 4. The lowest BCUT2D eigenvalue weighted by atomic mass is 10.2. The Bertz CT molecular complexity index is 468. The fourth-order valence-electron chi connectivity index (χ4n) is 0.775. The molecule has 1 rings (SSSR count). The maximum absolute atomic E-state index is 10.5. The first-order valence-corrected chi connectivity index (χ1v) is 5.98. The molecule has 6 N–H and O–H groups in total. The molecule has 1 aromatic rings. The minimum atomic E-state index is -4.02. The minimum absolute atomic E-state index is 0.0666. The molecular formula is C9H16N4O3S. The standard InChI is InChI=1S/C7H8O3S.C2H8N4/c1-6-2-4-7(5-3-6)11(8,9)10;1-5-2(3)6-4/h2-5H,1H3,(H,8,9,10);4H2,1H3,(H3,3,5,6). The van der Waals surface area contributed by atoms with E-state index in [2.05, 4.69) is 10.4 Å². The van der Waals surface area contributed by atoms with Gasteiger partial charge in [-0.05, 0) is 19.1 Å². The second-order valence-corrected chi connectivity index (χ2v) is 4.46. The summed E-state index contributed by atoms with van der Waals surface area (Å²) >= 11 is 0. The van der Waals surface area contributed by atoms with Gasteiger partial charge in [0, 0.05) is 7.05 Å². The molecule has 8 heteroatoms. The highest BCUT2D eigenvalue weighted by Crippen LogP contribution is 2.08. The van der Waals surface area contributed by atoms with E-state index in [9.17, 15) is 8.42 Å². The SMILES string of the molecule is CN=C(N)NN.Cc1ccc(S(=O)(=O)O)cc1. The van der Waals surface area contributed by atoms with Crippen LogP contribution in [-0.2, 0) is 10.1 Å². The molecule has 17 heavy (non-hydrogen) atoms. The van der Waals surface area contributed by atoms with Gasteiger partial charge in [-0.15, -0.1) is 0 Å². The summed E-state index contributed by atoms with van der Waals surface area (Å²) in [4.78, 5) is 3.40. The van der Waals surface area contributed by atoms with Crippen LogP contribution < -0.4 is 17.0 Å². The molecule has 0 unspecified atom stereocenters. The fourth-order valence-corrected chi connectivity index (χ4v) is 1.25. The van der Waals surface area contributed by atoms with Crippen molar-refractivity contribution < 1.29 is 13.0 Å². The van der Waals surface area contributed by atoms with E-state index in [0.29, 0.717) is 0 Å². The fraction of sp³-hybridized carbons (Fsp3) is 0.222. The first kappa shape index (κ1) is 15.4. The van der Waals surface area contributed by atoms with Crippen LogP contribution in [-0.4, -0.2) is 26.0 Å². The number of nitrogens with one attached hydrogen (secondary N) is 1. The van der Waals surface area contributed by atoms with Crippen molar-refractivity contribution in [3.63, 3.8) is 0 Å². The van der Waals surface area contributed by atoms with Gasteiger partial charge < -0.3 is 5.73 Å². The molecule has 0 aliphatic carbocycles. The predicted molar refractivity (Wildman–Crippen MR) is 65.9 cm³/mol. The molecular weight excluding hydrogens is 244 g/mol. The van der Waals surface area contributed by atoms with Crippen molar-refractivity contribution in [3.8, 4) is 0 Å². The summed E-state index contributed by atoms with van der Waals surface area (Å²) in [6.45, 7) is 1.84. The molecule has 0 atom stereocenters. The number of nitrogens with zero attached hydrogens (tertiary/aromatic N) is 1. The zero-order valence-electron chi connectivity index (χ0n) is 9.58. The largest absolute Gasteiger partial charge is 0.369 e. The van der Waals surface area contributed by atoms with Crippen molar-refractivity contribution in [1.29, 1.82) is 0 Å². The number of aliphatic imine (C=N–C) groups is 1. The molecule has 0 aromatic heterocycles. The van der Waals surface area contributed by atoms with Gasteiger partial charge in [-0.1, -0.05) is 17.7 Å². The van der Waals surface area contributed by atoms with Crippen LogP contribution in [0.2, 0.25) is 0 Å². The monoisotopic (exact) mass is 260 g/mol. The van der Waals surface area contributed by atoms with Crippen LogP contribution in [0.1, 0.15) is 5.56 Å². The number of hydrogen-bond donors (Lipinski definition) is 4. The third-order valence-electron chi connectivity index (χ3n) is 1.71. The number of guanidine groups is 1. The molecule has 0 radical (unpaired) electrons. The molecule has 0 fully saturated rings. The van der Waals surface area contributed by atoms with Crippen LogP contribution in [0.4, 0.5) is 0 Å². The molecule has 96 valence electrons. The van der Waals surface area contributed by atoms with E-state index in [4.69, 9.17) is 16.1 Å². The van der Waals surface area contributed by atoms with E-state index >= 15 is 0 Å². The van der Waals surface area contributed by atoms with E-state index in [-0.39, 0.29) is 10.9 Å². The van der Waals surface area contributed by atoms with Gasteiger partial charge in [-0.25, -0.2) is 5.84 Å². The zero-order chi connectivity index (χ0) is 13.5. The van der Waals surface area contributed by atoms with Gasteiger partial charge in [0.2, 0.25) is 5.96 Å². The molecule has 0 saturated carbocycles. The lowest BCUT2D eigenvalue weighted by molar-refractivity contribution is 0.483. The van der Waals surface area contributed by atoms with Crippen LogP contribution in [0.25, 0.3) is 0 Å². The lowest BCUT2D eigenvalue weighted by Gasteiger charge is -1.95. The third-order valence-corrected chi connectivity index (χ3v) is 2.58. The topological polar surface area (TPSA) is 131 Å². The molecule has 0 saturated heterocycles. The van der Waals surface area contributed by atoms with Gasteiger partial charge in [0.1, 0.15) is 0 Å². The summed E-state index contributed by atoms with van der Waals surface area (Å²) in [6.07, 6.45) is 0. The Hall–Kier alpha value is -1.64. The van der Waals surface area contributed by atoms with E-state index in [1.165, 1.54) is 12.1 Å². The zero-order valence-corrected chi connectivity index (χ0v) is 10.4. The quantitative estimate of drug-likeness (QED) is 0.179. The Balaban J connectivity index is 0.000000366. The summed E-state index contributed by atoms with van der Waals surface area (Å²) in [5, 5.41) is 0. The molecule has 0 spiro atoms. The average molecular weight is 260 g/mol. The molecule has 0 aliphatic rings. The second-order valence-electron chi connectivity index (χ2n) is 3.04. The number of rotatable bonds is 1. The van der Waals surface area contributed by atoms with Gasteiger partial charge in [0.05, 0.1) is 4.90 Å². The predicted octanol–water partition coefficient (Wildman–Crippen LogP) is -0.364. The lowest BCUT2D eigenvalue weighted by Crippen LogP contribution is -2.36. The van der Waals surface area contributed by atoms with Crippen LogP contribution in [0.5, 0.6) is 0 Å². The molecule has 0 aliphatic heterocycles. The Labute approximate surface area is 100 Å². The van der Waals surface area contributed by atoms with Crippen LogP contribution in [0.3, 0.4) is 0 Å². The maximum Gasteiger partial charge on any atom is 0.294 e. The number of aryl methyl sites for hydroxylation is 1. The second kappa shape index (κ2) is 6.84. The number of nitrogens with two attached hydrogens (primary N) is 2. The Kier molecular flexibility index (Phi) is 6.18. The van der Waals surface area contributed by atoms with Crippen molar-refractivity contribution in [2.45, 2.75) is 11.8 Å². The summed E-state index contributed by atoms with van der Waals surface area (Å²) < 4.78 is 29.6. The molecule has 1 aromatic carbocycles. The van der Waals surface area contributed by atoms with Gasteiger partial charge in [-0.3, -0.25) is 15.0 Å². The number of benzene rings is 1. The summed E-state index contributed by atoms with van der Waals surface area (Å²) in [5.74, 6) is 5.02. The highest BCUT2D eigenvalue weighted by molar-refractivity contribution is 7.85. The Morgan fingerprint density at radius 3 is 2.06 bits per heavy atom. The van der Waals surface area contributed by atoms with Crippen LogP contribution in [0, 0.1) is 6.92 Å². The van der Waals surface area contributed by atoms with Crippen molar-refractivity contribution in [2.24, 2.45) is 16.6 Å². The average Bonchev–Trinajstić information content (AvgIpc) is 2.28. The first-order chi connectivity index (χ1) is 7.81. The van der Waals surface area contributed by atoms with Crippen molar-refractivity contribution in [2.75, 3.05) is 7.05 Å². The van der Waals surface area contributed by atoms with Gasteiger partial charge in [-0.2, -0.15) is 8.42 Å². The number of hydrazine groups is 1. The summed E-state index contributed by atoms with van der Waals surface area (Å²) in [7, 11) is -2.47. The maximum atomic E-state index is 10.5. The van der Waals surface area contributed by atoms with Gasteiger partial charge >= 0.3 is 0 Å². The molecule has 0 bridgehead atoms. The Morgan fingerprint density at radius 2 is 1.82 bits per heavy atom. The van der Waals surface area contributed by atoms with Crippen molar-refractivity contribution >= 4 is 16.1 Å². The van der Waals surface area contributed by atoms with Crippen LogP contribution >= 0.6 is 0 Å². The van der Waals surface area contributed by atoms with Gasteiger partial charge in [0.15, 0.2) is 0 Å². The van der Waals surface area contributed by atoms with Crippen LogP contribution in [0.15, 0.2) is 34.2 Å². The summed E-state index contributed by atoms with van der Waals surface area (Å²) in [6, 6.07) is 5.99. The van der Waals surface area contributed by atoms with Gasteiger partial charge in [0.25, 0.3) is 10.1 Å². The normalized spacial score (nSPS) is 11.4. The van der Waals surface area contributed by atoms with Crippen molar-refractivity contribution in [3.05, 3.63) is 29.8 Å². The third kappa shape index (κ3) is 6.51. The highest BCUT2D eigenvalue weighted by Gasteiger charge is 2.06. The highest BCUT2D eigenvalue weighted by atomic mass is 32.2. The molecule has 7 nitrogen and oxygen atoms in total. The van der Waals surface area contributed by atoms with E-state index in [0.717, 1.165) is 5.56 Å². The van der Waals surface area contributed by atoms with Crippen molar-refractivity contribution in [1.82, 2.24) is 5.43 Å². The smallest absolute Gasteiger partial charge is 0.294 e. The molecule has 0 heterocycles.